The Balaban J connectivity index is 2.02. The summed E-state index contributed by atoms with van der Waals surface area (Å²) in [4.78, 5) is 12.1. The number of hydrogen-bond donors (Lipinski definition) is 3. The van der Waals surface area contributed by atoms with Crippen molar-refractivity contribution < 1.29 is 32.9 Å². The van der Waals surface area contributed by atoms with Crippen LogP contribution in [0.4, 0.5) is 13.2 Å². The van der Waals surface area contributed by atoms with Gasteiger partial charge >= 0.3 is 6.18 Å². The largest absolute Gasteiger partial charge is 0.416 e. The first kappa shape index (κ1) is 17.7. The van der Waals surface area contributed by atoms with Gasteiger partial charge in [-0.05, 0) is 30.7 Å². The Labute approximate surface area is 131 Å². The predicted molar refractivity (Wildman–Crippen MR) is 74.7 cm³/mol. The van der Waals surface area contributed by atoms with Gasteiger partial charge in [0.1, 0.15) is 6.10 Å². The van der Waals surface area contributed by atoms with Crippen molar-refractivity contribution in [2.75, 3.05) is 13.7 Å². The van der Waals surface area contributed by atoms with Crippen LogP contribution in [0, 0.1) is 5.92 Å². The van der Waals surface area contributed by atoms with Gasteiger partial charge in [0.25, 0.3) is 5.91 Å². The lowest BCUT2D eigenvalue weighted by Crippen LogP contribution is -2.43. The summed E-state index contributed by atoms with van der Waals surface area (Å²) in [5.74, 6) is -0.916. The number of rotatable bonds is 4. The van der Waals surface area contributed by atoms with Crippen molar-refractivity contribution in [3.05, 3.63) is 35.4 Å². The van der Waals surface area contributed by atoms with Gasteiger partial charge in [0.15, 0.2) is 0 Å². The summed E-state index contributed by atoms with van der Waals surface area (Å²) >= 11 is 0. The van der Waals surface area contributed by atoms with Crippen LogP contribution in [0.2, 0.25) is 0 Å². The summed E-state index contributed by atoms with van der Waals surface area (Å²) in [6.07, 6.45) is -6.31. The molecule has 23 heavy (non-hydrogen) atoms. The highest BCUT2D eigenvalue weighted by Crippen LogP contribution is 2.30. The van der Waals surface area contributed by atoms with Crippen LogP contribution in [-0.4, -0.2) is 48.1 Å². The first-order valence-corrected chi connectivity index (χ1v) is 7.07. The quantitative estimate of drug-likeness (QED) is 0.773. The molecule has 0 radical (unpaired) electrons. The van der Waals surface area contributed by atoms with E-state index in [-0.39, 0.29) is 18.1 Å². The number of alkyl halides is 3. The van der Waals surface area contributed by atoms with Crippen molar-refractivity contribution in [1.29, 1.82) is 0 Å². The molecule has 1 saturated carbocycles. The van der Waals surface area contributed by atoms with E-state index in [1.807, 2.05) is 0 Å². The van der Waals surface area contributed by atoms with E-state index < -0.39 is 35.9 Å². The summed E-state index contributed by atoms with van der Waals surface area (Å²) in [6.45, 7) is 0.241. The number of ether oxygens (including phenoxy) is 1. The highest BCUT2D eigenvalue weighted by atomic mass is 19.4. The van der Waals surface area contributed by atoms with Crippen molar-refractivity contribution in [3.63, 3.8) is 0 Å². The number of hydrogen-bond acceptors (Lipinski definition) is 4. The van der Waals surface area contributed by atoms with Gasteiger partial charge < -0.3 is 20.3 Å². The molecule has 1 fully saturated rings. The lowest BCUT2D eigenvalue weighted by Gasteiger charge is -2.18. The van der Waals surface area contributed by atoms with Gasteiger partial charge in [-0.15, -0.1) is 0 Å². The summed E-state index contributed by atoms with van der Waals surface area (Å²) in [5.41, 5.74) is -0.791. The molecule has 0 heterocycles. The lowest BCUT2D eigenvalue weighted by molar-refractivity contribution is -0.137. The molecule has 0 saturated heterocycles. The predicted octanol–water partition coefficient (Wildman–Crippen LogP) is 1.19. The van der Waals surface area contributed by atoms with Gasteiger partial charge in [0, 0.05) is 18.6 Å². The Kier molecular flexibility index (Phi) is 5.28. The Morgan fingerprint density at radius 3 is 2.39 bits per heavy atom. The van der Waals surface area contributed by atoms with Crippen LogP contribution in [0.25, 0.3) is 0 Å². The van der Waals surface area contributed by atoms with Gasteiger partial charge in [-0.25, -0.2) is 0 Å². The van der Waals surface area contributed by atoms with Crippen LogP contribution in [0.3, 0.4) is 0 Å². The molecule has 1 aromatic rings. The monoisotopic (exact) mass is 333 g/mol. The second-order valence-electron chi connectivity index (χ2n) is 5.59. The normalized spacial score (nSPS) is 27.9. The summed E-state index contributed by atoms with van der Waals surface area (Å²) < 4.78 is 42.4. The molecule has 0 aromatic heterocycles. The van der Waals surface area contributed by atoms with E-state index in [2.05, 4.69) is 5.32 Å². The molecule has 0 aliphatic heterocycles. The average molecular weight is 333 g/mol. The minimum atomic E-state index is -4.46. The third-order valence-electron chi connectivity index (χ3n) is 3.97. The smallest absolute Gasteiger partial charge is 0.390 e. The van der Waals surface area contributed by atoms with Crippen LogP contribution < -0.4 is 5.32 Å². The Bertz CT molecular complexity index is 547. The van der Waals surface area contributed by atoms with Crippen LogP contribution in [0.15, 0.2) is 24.3 Å². The molecular formula is C15H18F3NO4. The highest BCUT2D eigenvalue weighted by molar-refractivity contribution is 5.94. The molecule has 1 aliphatic rings. The van der Waals surface area contributed by atoms with E-state index in [9.17, 15) is 28.2 Å². The first-order chi connectivity index (χ1) is 10.7. The third-order valence-corrected chi connectivity index (χ3v) is 3.97. The number of benzene rings is 1. The molecule has 1 aromatic carbocycles. The number of methoxy groups -OCH3 is 1. The van der Waals surface area contributed by atoms with Crippen LogP contribution in [0.5, 0.6) is 0 Å². The number of carbonyl (C=O) groups excluding carboxylic acids is 1. The number of carbonyl (C=O) groups is 1. The maximum absolute atomic E-state index is 12.5. The fraction of sp³-hybridized carbons (Fsp3) is 0.533. The van der Waals surface area contributed by atoms with Gasteiger partial charge in [0.2, 0.25) is 0 Å². The summed E-state index contributed by atoms with van der Waals surface area (Å²) in [5, 5.41) is 22.3. The van der Waals surface area contributed by atoms with Gasteiger partial charge in [-0.2, -0.15) is 13.2 Å². The number of aliphatic hydroxyl groups excluding tert-OH is 2. The molecule has 1 amide bonds. The average Bonchev–Trinajstić information content (AvgIpc) is 2.75. The highest BCUT2D eigenvalue weighted by Gasteiger charge is 2.42. The molecule has 4 unspecified atom stereocenters. The van der Waals surface area contributed by atoms with Gasteiger partial charge in [-0.3, -0.25) is 4.79 Å². The van der Waals surface area contributed by atoms with E-state index >= 15 is 0 Å². The molecule has 1 aliphatic carbocycles. The van der Waals surface area contributed by atoms with E-state index in [4.69, 9.17) is 4.74 Å². The van der Waals surface area contributed by atoms with Crippen LogP contribution in [-0.2, 0) is 10.9 Å². The molecule has 3 N–H and O–H groups in total. The number of halogens is 3. The van der Waals surface area contributed by atoms with Crippen LogP contribution in [0.1, 0.15) is 22.3 Å². The van der Waals surface area contributed by atoms with E-state index in [1.165, 1.54) is 7.11 Å². The van der Waals surface area contributed by atoms with Crippen molar-refractivity contribution in [2.45, 2.75) is 30.8 Å². The van der Waals surface area contributed by atoms with Crippen molar-refractivity contribution in [3.8, 4) is 0 Å². The topological polar surface area (TPSA) is 78.8 Å². The first-order valence-electron chi connectivity index (χ1n) is 7.07. The molecule has 5 nitrogen and oxygen atoms in total. The maximum atomic E-state index is 12.5. The molecule has 4 atom stereocenters. The molecule has 0 spiro atoms. The minimum Gasteiger partial charge on any atom is -0.390 e. The Morgan fingerprint density at radius 2 is 1.87 bits per heavy atom. The van der Waals surface area contributed by atoms with Crippen molar-refractivity contribution in [1.82, 2.24) is 5.32 Å². The molecule has 2 rings (SSSR count). The fourth-order valence-corrected chi connectivity index (χ4v) is 2.71. The summed E-state index contributed by atoms with van der Waals surface area (Å²) in [7, 11) is 1.47. The molecule has 128 valence electrons. The van der Waals surface area contributed by atoms with Crippen molar-refractivity contribution >= 4 is 5.91 Å². The second kappa shape index (κ2) is 6.86. The molecule has 8 heteroatoms. The van der Waals surface area contributed by atoms with Gasteiger partial charge in [-0.1, -0.05) is 0 Å². The maximum Gasteiger partial charge on any atom is 0.416 e. The van der Waals surface area contributed by atoms with E-state index in [0.717, 1.165) is 24.3 Å². The SMILES string of the molecule is COCC1CC(NC(=O)c2ccc(C(F)(F)F)cc2)C(O)C1O. The third kappa shape index (κ3) is 4.01. The number of nitrogens with one attached hydrogen (secondary N) is 1. The number of amides is 1. The molecule has 0 bridgehead atoms. The Morgan fingerprint density at radius 1 is 1.26 bits per heavy atom. The van der Waals surface area contributed by atoms with Crippen molar-refractivity contribution in [2.24, 2.45) is 5.92 Å². The van der Waals surface area contributed by atoms with E-state index in [1.54, 1.807) is 0 Å². The summed E-state index contributed by atoms with van der Waals surface area (Å²) in [6, 6.07) is 3.11. The van der Waals surface area contributed by atoms with Gasteiger partial charge in [0.05, 0.1) is 24.3 Å². The van der Waals surface area contributed by atoms with E-state index in [0.29, 0.717) is 6.42 Å². The standard InChI is InChI=1S/C15H18F3NO4/c1-23-7-9-6-11(13(21)12(9)20)19-14(22)8-2-4-10(5-3-8)15(16,17)18/h2-5,9,11-13,20-21H,6-7H2,1H3,(H,19,22). The zero-order valence-electron chi connectivity index (χ0n) is 12.4. The fourth-order valence-electron chi connectivity index (χ4n) is 2.71. The number of aliphatic hydroxyl groups is 2. The van der Waals surface area contributed by atoms with Crippen LogP contribution >= 0.6 is 0 Å². The minimum absolute atomic E-state index is 0.0508. The zero-order valence-corrected chi connectivity index (χ0v) is 12.4. The second-order valence-corrected chi connectivity index (χ2v) is 5.59. The molecular weight excluding hydrogens is 315 g/mol. The Hall–Kier alpha value is -1.64. The lowest BCUT2D eigenvalue weighted by atomic mass is 10.1. The zero-order chi connectivity index (χ0) is 17.2.